The summed E-state index contributed by atoms with van der Waals surface area (Å²) in [4.78, 5) is 13.1. The Bertz CT molecular complexity index is 763. The fourth-order valence-electron chi connectivity index (χ4n) is 3.54. The number of benzene rings is 1. The molecule has 2 aliphatic heterocycles. The van der Waals surface area contributed by atoms with Crippen molar-refractivity contribution in [3.8, 4) is 5.75 Å². The van der Waals surface area contributed by atoms with Crippen LogP contribution in [0.4, 0.5) is 0 Å². The number of hydrogen-bond donors (Lipinski definition) is 1. The van der Waals surface area contributed by atoms with Gasteiger partial charge in [0.15, 0.2) is 6.61 Å². The van der Waals surface area contributed by atoms with Gasteiger partial charge in [-0.1, -0.05) is 23.4 Å². The molecule has 4 rings (SSSR count). The Hall–Kier alpha value is -2.45. The third kappa shape index (κ3) is 3.35. The van der Waals surface area contributed by atoms with Crippen molar-refractivity contribution in [3.05, 3.63) is 41.7 Å². The molecular weight excluding hydrogens is 324 g/mol. The minimum absolute atomic E-state index is 0.159. The van der Waals surface area contributed by atoms with Crippen LogP contribution in [0.1, 0.15) is 23.7 Å². The minimum atomic E-state index is -0.978. The number of hydrogen-bond acceptors (Lipinski definition) is 6. The molecule has 0 bridgehead atoms. The number of ether oxygens (including phenoxy) is 2. The van der Waals surface area contributed by atoms with Crippen LogP contribution in [0.5, 0.6) is 5.75 Å². The lowest BCUT2D eigenvalue weighted by molar-refractivity contribution is -0.139. The van der Waals surface area contributed by atoms with Gasteiger partial charge >= 0.3 is 5.97 Å². The highest BCUT2D eigenvalue weighted by molar-refractivity contribution is 5.68. The monoisotopic (exact) mass is 344 g/mol. The minimum Gasteiger partial charge on any atom is -0.482 e. The van der Waals surface area contributed by atoms with Crippen LogP contribution in [0.2, 0.25) is 0 Å². The van der Waals surface area contributed by atoms with Crippen molar-refractivity contribution < 1.29 is 19.4 Å². The Labute approximate surface area is 144 Å². The maximum Gasteiger partial charge on any atom is 0.341 e. The first kappa shape index (κ1) is 16.0. The van der Waals surface area contributed by atoms with Gasteiger partial charge in [0.2, 0.25) is 0 Å². The second-order valence-corrected chi connectivity index (χ2v) is 6.40. The number of carboxylic acid groups (broad SMARTS) is 1. The number of likely N-dealkylation sites (tertiary alicyclic amines) is 1. The van der Waals surface area contributed by atoms with E-state index in [1.165, 1.54) is 0 Å². The van der Waals surface area contributed by atoms with Crippen LogP contribution in [-0.4, -0.2) is 56.8 Å². The number of para-hydroxylation sites is 1. The predicted molar refractivity (Wildman–Crippen MR) is 87.1 cm³/mol. The Morgan fingerprint density at radius 1 is 1.40 bits per heavy atom. The van der Waals surface area contributed by atoms with Crippen molar-refractivity contribution in [1.82, 2.24) is 19.9 Å². The van der Waals surface area contributed by atoms with Crippen LogP contribution in [0.3, 0.4) is 0 Å². The van der Waals surface area contributed by atoms with Gasteiger partial charge in [-0.05, 0) is 12.5 Å². The number of carbonyl (C=O) groups is 1. The van der Waals surface area contributed by atoms with Crippen LogP contribution in [0.25, 0.3) is 0 Å². The number of fused-ring (bicyclic) bond motifs is 3. The molecule has 25 heavy (non-hydrogen) atoms. The lowest BCUT2D eigenvalue weighted by Gasteiger charge is -2.41. The fourth-order valence-corrected chi connectivity index (χ4v) is 3.54. The second-order valence-electron chi connectivity index (χ2n) is 6.40. The number of nitrogens with zero attached hydrogens (tertiary/aromatic N) is 4. The van der Waals surface area contributed by atoms with Crippen LogP contribution in [0, 0.1) is 0 Å². The van der Waals surface area contributed by atoms with Gasteiger partial charge in [-0.15, -0.1) is 5.10 Å². The smallest absolute Gasteiger partial charge is 0.341 e. The zero-order valence-electron chi connectivity index (χ0n) is 13.7. The van der Waals surface area contributed by atoms with Crippen molar-refractivity contribution in [2.24, 2.45) is 0 Å². The van der Waals surface area contributed by atoms with Gasteiger partial charge in [0, 0.05) is 25.2 Å². The highest BCUT2D eigenvalue weighted by Crippen LogP contribution is 2.31. The molecule has 3 heterocycles. The summed E-state index contributed by atoms with van der Waals surface area (Å²) in [5.74, 6) is -0.359. The quantitative estimate of drug-likeness (QED) is 0.868. The first-order chi connectivity index (χ1) is 12.2. The maximum absolute atomic E-state index is 10.8. The van der Waals surface area contributed by atoms with Gasteiger partial charge in [-0.25, -0.2) is 9.48 Å². The summed E-state index contributed by atoms with van der Waals surface area (Å²) in [7, 11) is 0. The van der Waals surface area contributed by atoms with Crippen LogP contribution in [-0.2, 0) is 22.7 Å². The molecule has 1 saturated heterocycles. The number of carboxylic acids is 1. The largest absolute Gasteiger partial charge is 0.482 e. The third-order valence-corrected chi connectivity index (χ3v) is 4.73. The van der Waals surface area contributed by atoms with E-state index in [1.54, 1.807) is 6.20 Å². The summed E-state index contributed by atoms with van der Waals surface area (Å²) in [5.41, 5.74) is 1.99. The Kier molecular flexibility index (Phi) is 4.37. The molecule has 1 N–H and O–H groups in total. The van der Waals surface area contributed by atoms with Crippen molar-refractivity contribution in [2.75, 3.05) is 19.7 Å². The van der Waals surface area contributed by atoms with Crippen LogP contribution < -0.4 is 4.74 Å². The normalized spacial score (nSPS) is 22.9. The van der Waals surface area contributed by atoms with Gasteiger partial charge in [0.05, 0.1) is 30.6 Å². The van der Waals surface area contributed by atoms with Crippen molar-refractivity contribution in [1.29, 1.82) is 0 Å². The van der Waals surface area contributed by atoms with E-state index in [-0.39, 0.29) is 18.8 Å². The summed E-state index contributed by atoms with van der Waals surface area (Å²) in [5, 5.41) is 17.0. The molecule has 0 spiro atoms. The molecular formula is C17H20N4O4. The van der Waals surface area contributed by atoms with E-state index >= 15 is 0 Å². The molecule has 2 atom stereocenters. The second kappa shape index (κ2) is 6.81. The highest BCUT2D eigenvalue weighted by atomic mass is 16.5. The molecule has 2 aliphatic rings. The van der Waals surface area contributed by atoms with Crippen molar-refractivity contribution in [3.63, 3.8) is 0 Å². The zero-order chi connectivity index (χ0) is 17.2. The lowest BCUT2D eigenvalue weighted by atomic mass is 9.99. The van der Waals surface area contributed by atoms with Gasteiger partial charge in [-0.2, -0.15) is 0 Å². The molecule has 0 amide bonds. The zero-order valence-corrected chi connectivity index (χ0v) is 13.7. The lowest BCUT2D eigenvalue weighted by Crippen LogP contribution is -2.47. The number of piperidine rings is 1. The van der Waals surface area contributed by atoms with E-state index in [2.05, 4.69) is 15.2 Å². The highest BCUT2D eigenvalue weighted by Gasteiger charge is 2.36. The Balaban J connectivity index is 1.47. The van der Waals surface area contributed by atoms with E-state index < -0.39 is 5.97 Å². The Morgan fingerprint density at radius 3 is 3.16 bits per heavy atom. The summed E-state index contributed by atoms with van der Waals surface area (Å²) in [6, 6.07) is 7.73. The van der Waals surface area contributed by atoms with E-state index in [9.17, 15) is 4.79 Å². The number of aromatic nitrogens is 3. The Morgan fingerprint density at radius 2 is 2.28 bits per heavy atom. The van der Waals surface area contributed by atoms with Crippen molar-refractivity contribution >= 4 is 5.97 Å². The van der Waals surface area contributed by atoms with E-state index in [4.69, 9.17) is 14.6 Å². The van der Waals surface area contributed by atoms with Gasteiger partial charge in [-0.3, -0.25) is 4.90 Å². The average molecular weight is 344 g/mol. The van der Waals surface area contributed by atoms with Crippen molar-refractivity contribution in [2.45, 2.75) is 31.7 Å². The maximum atomic E-state index is 10.8. The topological polar surface area (TPSA) is 89.7 Å². The summed E-state index contributed by atoms with van der Waals surface area (Å²) in [6.07, 6.45) is 2.86. The summed E-state index contributed by atoms with van der Waals surface area (Å²) in [6.45, 7) is 2.66. The number of aliphatic carboxylic acids is 1. The summed E-state index contributed by atoms with van der Waals surface area (Å²) >= 11 is 0. The predicted octanol–water partition coefficient (Wildman–Crippen LogP) is 1.09. The molecule has 0 saturated carbocycles. The van der Waals surface area contributed by atoms with Crippen LogP contribution in [0.15, 0.2) is 30.5 Å². The van der Waals surface area contributed by atoms with E-state index in [1.807, 2.05) is 28.9 Å². The summed E-state index contributed by atoms with van der Waals surface area (Å²) < 4.78 is 13.3. The van der Waals surface area contributed by atoms with E-state index in [0.29, 0.717) is 18.9 Å². The SMILES string of the molecule is O=C(O)COc1ccccc1CN1CC[C@H]2OCc3cnnn3[C@@H]2C1. The molecule has 1 aromatic carbocycles. The molecule has 0 radical (unpaired) electrons. The molecule has 132 valence electrons. The van der Waals surface area contributed by atoms with E-state index in [0.717, 1.165) is 30.8 Å². The molecule has 2 aromatic rings. The standard InChI is InChI=1S/C17H20N4O4/c22-17(23)11-25-15-4-2-1-3-12(15)8-20-6-5-16-14(9-20)21-13(10-24-16)7-18-19-21/h1-4,7,14,16H,5-6,8-11H2,(H,22,23)/t14-,16-/m1/s1. The molecule has 8 nitrogen and oxygen atoms in total. The van der Waals surface area contributed by atoms with Gasteiger partial charge < -0.3 is 14.6 Å². The van der Waals surface area contributed by atoms with Gasteiger partial charge in [0.25, 0.3) is 0 Å². The number of rotatable bonds is 5. The van der Waals surface area contributed by atoms with Gasteiger partial charge in [0.1, 0.15) is 5.75 Å². The third-order valence-electron chi connectivity index (χ3n) is 4.73. The molecule has 0 aliphatic carbocycles. The first-order valence-electron chi connectivity index (χ1n) is 8.36. The first-order valence-corrected chi connectivity index (χ1v) is 8.36. The molecule has 0 unspecified atom stereocenters. The molecule has 8 heteroatoms. The average Bonchev–Trinajstić information content (AvgIpc) is 3.10. The fraction of sp³-hybridized carbons (Fsp3) is 0.471. The molecule has 1 fully saturated rings. The van der Waals surface area contributed by atoms with Crippen LogP contribution >= 0.6 is 0 Å². The molecule has 1 aromatic heterocycles.